The minimum Gasteiger partial charge on any atom is -0.456 e. The van der Waals surface area contributed by atoms with Crippen LogP contribution in [0.4, 0.5) is 0 Å². The van der Waals surface area contributed by atoms with E-state index < -0.39 is 20.0 Å². The van der Waals surface area contributed by atoms with Crippen molar-refractivity contribution >= 4 is 19.7 Å². The van der Waals surface area contributed by atoms with Crippen LogP contribution in [0.3, 0.4) is 0 Å². The Morgan fingerprint density at radius 3 is 1.33 bits per heavy atom. The number of nitrogens with one attached hydrogen (secondary N) is 1. The van der Waals surface area contributed by atoms with Gasteiger partial charge in [-0.05, 0) is 63.9 Å². The van der Waals surface area contributed by atoms with Crippen LogP contribution < -0.4 is 5.32 Å². The first-order chi connectivity index (χ1) is 34.9. The molecule has 3 atom stereocenters. The van der Waals surface area contributed by atoms with Crippen LogP contribution >= 0.6 is 7.82 Å². The normalized spacial score (nSPS) is 14.0. The molecule has 10 heteroatoms. The van der Waals surface area contributed by atoms with Gasteiger partial charge in [0.1, 0.15) is 19.3 Å². The largest absolute Gasteiger partial charge is 0.472 e. The fraction of sp³-hybridized carbons (Fsp3) is 0.839. The minimum absolute atomic E-state index is 0.0384. The van der Waals surface area contributed by atoms with Crippen molar-refractivity contribution in [3.8, 4) is 0 Å². The van der Waals surface area contributed by atoms with Crippen LogP contribution in [-0.4, -0.2) is 74.3 Å². The molecule has 0 aromatic carbocycles. The summed E-state index contributed by atoms with van der Waals surface area (Å²) in [5.41, 5.74) is 0. The summed E-state index contributed by atoms with van der Waals surface area (Å²) >= 11 is 0. The van der Waals surface area contributed by atoms with E-state index in [0.29, 0.717) is 23.9 Å². The number of amides is 1. The standard InChI is InChI=1S/C62H117N2O7P/c1-7-10-13-16-19-22-25-28-30-32-34-37-40-43-46-49-52-55-62(66)71-60(53-50-47-44-41-38-35-27-24-21-18-15-12-9-3)59(58-70-72(67,68)69-57-56-64(4,5)6)63-61(65)54-51-48-45-42-39-36-33-31-29-26-23-20-17-14-11-8-2/h11,14,20,23,29,31,50,53,59-60H,7-10,12-13,15-19,21-22,24-28,30,32-49,51-52,54-58H2,1-6H3,(H-,63,65,67,68)/p+1/b14-11+,23-20+,31-29+,53-50+. The zero-order chi connectivity index (χ0) is 52.9. The number of rotatable bonds is 55. The van der Waals surface area contributed by atoms with Gasteiger partial charge in [0.25, 0.3) is 0 Å². The monoisotopic (exact) mass is 1030 g/mol. The third-order valence-corrected chi connectivity index (χ3v) is 14.5. The zero-order valence-electron chi connectivity index (χ0n) is 48.2. The molecule has 0 bridgehead atoms. The summed E-state index contributed by atoms with van der Waals surface area (Å²) in [5.74, 6) is -0.510. The van der Waals surface area contributed by atoms with Gasteiger partial charge in [0.2, 0.25) is 5.91 Å². The van der Waals surface area contributed by atoms with Crippen LogP contribution in [0.2, 0.25) is 0 Å². The number of allylic oxidation sites excluding steroid dienone is 7. The van der Waals surface area contributed by atoms with Gasteiger partial charge in [0.05, 0.1) is 33.8 Å². The molecule has 0 aromatic rings. The van der Waals surface area contributed by atoms with Crippen LogP contribution in [0.1, 0.15) is 284 Å². The number of unbranched alkanes of at least 4 members (excludes halogenated alkanes) is 33. The number of phosphoric acid groups is 1. The van der Waals surface area contributed by atoms with E-state index in [9.17, 15) is 19.0 Å². The number of hydrogen-bond acceptors (Lipinski definition) is 6. The molecule has 3 unspecified atom stereocenters. The number of quaternary nitrogens is 1. The summed E-state index contributed by atoms with van der Waals surface area (Å²) in [6.07, 6.45) is 63.9. The fourth-order valence-corrected chi connectivity index (χ4v) is 9.57. The first kappa shape index (κ1) is 70.0. The number of phosphoric ester groups is 1. The summed E-state index contributed by atoms with van der Waals surface area (Å²) in [4.78, 5) is 37.7. The SMILES string of the molecule is CC/C=C/C/C=C/C/C=C/CCCCCCCCC(=O)NC(COP(=O)(O)OCC[N+](C)(C)C)C(/C=C/CCCCCCCCCCCCC)OC(=O)CCCCCCCCCCCCCCCCCCC. The van der Waals surface area contributed by atoms with E-state index in [2.05, 4.69) is 62.5 Å². The third kappa shape index (κ3) is 52.8. The van der Waals surface area contributed by atoms with E-state index in [0.717, 1.165) is 89.9 Å². The molecule has 0 spiro atoms. The molecule has 0 aliphatic rings. The molecule has 0 radical (unpaired) electrons. The molecule has 72 heavy (non-hydrogen) atoms. The van der Waals surface area contributed by atoms with Crippen molar-refractivity contribution in [3.63, 3.8) is 0 Å². The van der Waals surface area contributed by atoms with Gasteiger partial charge in [-0.1, -0.05) is 256 Å². The van der Waals surface area contributed by atoms with E-state index in [1.807, 2.05) is 33.3 Å². The van der Waals surface area contributed by atoms with Crippen molar-refractivity contribution in [1.82, 2.24) is 5.32 Å². The van der Waals surface area contributed by atoms with Gasteiger partial charge in [-0.25, -0.2) is 4.57 Å². The lowest BCUT2D eigenvalue weighted by Crippen LogP contribution is -2.47. The van der Waals surface area contributed by atoms with E-state index >= 15 is 0 Å². The Bertz CT molecular complexity index is 1380. The Morgan fingerprint density at radius 1 is 0.500 bits per heavy atom. The highest BCUT2D eigenvalue weighted by molar-refractivity contribution is 7.47. The zero-order valence-corrected chi connectivity index (χ0v) is 49.1. The molecular formula is C62H118N2O7P+. The van der Waals surface area contributed by atoms with E-state index in [1.54, 1.807) is 0 Å². The molecule has 0 saturated carbocycles. The van der Waals surface area contributed by atoms with E-state index in [-0.39, 0.29) is 25.1 Å². The summed E-state index contributed by atoms with van der Waals surface area (Å²) < 4.78 is 30.7. The second-order valence-electron chi connectivity index (χ2n) is 21.9. The lowest BCUT2D eigenvalue weighted by molar-refractivity contribution is -0.870. The van der Waals surface area contributed by atoms with Gasteiger partial charge in [0, 0.05) is 12.8 Å². The molecule has 0 heterocycles. The second kappa shape index (κ2) is 52.4. The Balaban J connectivity index is 5.31. The number of hydrogen-bond donors (Lipinski definition) is 2. The number of esters is 1. The Hall–Kier alpha value is -2.03. The van der Waals surface area contributed by atoms with Crippen molar-refractivity contribution in [3.05, 3.63) is 48.6 Å². The number of ether oxygens (including phenoxy) is 1. The summed E-state index contributed by atoms with van der Waals surface area (Å²) in [6, 6.07) is -0.852. The molecule has 9 nitrogen and oxygen atoms in total. The maximum Gasteiger partial charge on any atom is 0.472 e. The summed E-state index contributed by atoms with van der Waals surface area (Å²) in [6.45, 7) is 6.92. The molecule has 0 aliphatic heterocycles. The average molecular weight is 1030 g/mol. The summed E-state index contributed by atoms with van der Waals surface area (Å²) in [5, 5.41) is 3.05. The smallest absolute Gasteiger partial charge is 0.456 e. The van der Waals surface area contributed by atoms with Crippen LogP contribution in [0.15, 0.2) is 48.6 Å². The third-order valence-electron chi connectivity index (χ3n) is 13.5. The van der Waals surface area contributed by atoms with Crippen molar-refractivity contribution in [2.24, 2.45) is 0 Å². The van der Waals surface area contributed by atoms with Gasteiger partial charge in [-0.2, -0.15) is 0 Å². The first-order valence-corrected chi connectivity index (χ1v) is 32.0. The van der Waals surface area contributed by atoms with Crippen molar-refractivity contribution in [2.45, 2.75) is 296 Å². The molecule has 422 valence electrons. The Kier molecular flexibility index (Phi) is 50.9. The molecule has 0 aromatic heterocycles. The number of nitrogens with zero attached hydrogens (tertiary/aromatic N) is 1. The number of carbonyl (C=O) groups is 2. The number of likely N-dealkylation sites (N-methyl/N-ethyl adjacent to an activating group) is 1. The quantitative estimate of drug-likeness (QED) is 0.0205. The molecule has 0 saturated heterocycles. The Labute approximate surface area is 446 Å². The average Bonchev–Trinajstić information content (AvgIpc) is 3.34. The molecule has 0 fully saturated rings. The summed E-state index contributed by atoms with van der Waals surface area (Å²) in [7, 11) is 1.49. The lowest BCUT2D eigenvalue weighted by atomic mass is 10.0. The van der Waals surface area contributed by atoms with Gasteiger partial charge in [-0.3, -0.25) is 18.6 Å². The van der Waals surface area contributed by atoms with Crippen molar-refractivity contribution in [1.29, 1.82) is 0 Å². The highest BCUT2D eigenvalue weighted by Crippen LogP contribution is 2.43. The highest BCUT2D eigenvalue weighted by Gasteiger charge is 2.30. The van der Waals surface area contributed by atoms with Gasteiger partial charge in [0.15, 0.2) is 0 Å². The second-order valence-corrected chi connectivity index (χ2v) is 23.3. The predicted octanol–water partition coefficient (Wildman–Crippen LogP) is 18.5. The van der Waals surface area contributed by atoms with Crippen LogP contribution in [0.25, 0.3) is 0 Å². The van der Waals surface area contributed by atoms with Crippen LogP contribution in [-0.2, 0) is 27.9 Å². The van der Waals surface area contributed by atoms with Crippen LogP contribution in [0.5, 0.6) is 0 Å². The molecule has 2 N–H and O–H groups in total. The molecule has 1 amide bonds. The molecule has 0 aliphatic carbocycles. The van der Waals surface area contributed by atoms with Gasteiger partial charge < -0.3 is 19.4 Å². The van der Waals surface area contributed by atoms with Crippen LogP contribution in [0, 0.1) is 0 Å². The van der Waals surface area contributed by atoms with Gasteiger partial charge in [-0.15, -0.1) is 0 Å². The lowest BCUT2D eigenvalue weighted by Gasteiger charge is -2.27. The predicted molar refractivity (Wildman–Crippen MR) is 309 cm³/mol. The molecular weight excluding hydrogens is 916 g/mol. The van der Waals surface area contributed by atoms with E-state index in [4.69, 9.17) is 13.8 Å². The number of carbonyl (C=O) groups excluding carboxylic acids is 2. The highest BCUT2D eigenvalue weighted by atomic mass is 31.2. The van der Waals surface area contributed by atoms with Crippen molar-refractivity contribution in [2.75, 3.05) is 40.9 Å². The van der Waals surface area contributed by atoms with Crippen molar-refractivity contribution < 1.29 is 37.3 Å². The van der Waals surface area contributed by atoms with E-state index in [1.165, 1.54) is 161 Å². The Morgan fingerprint density at radius 2 is 0.889 bits per heavy atom. The molecule has 0 rings (SSSR count). The first-order valence-electron chi connectivity index (χ1n) is 30.5. The topological polar surface area (TPSA) is 111 Å². The minimum atomic E-state index is -4.45. The van der Waals surface area contributed by atoms with Gasteiger partial charge >= 0.3 is 13.8 Å². The maximum atomic E-state index is 13.5. The maximum absolute atomic E-state index is 13.5. The fourth-order valence-electron chi connectivity index (χ4n) is 8.84.